The number of hydrogen-bond acceptors (Lipinski definition) is 4. The molecule has 2 rings (SSSR count). The van der Waals surface area contributed by atoms with Crippen molar-refractivity contribution in [3.8, 4) is 17.1 Å². The summed E-state index contributed by atoms with van der Waals surface area (Å²) in [6.07, 6.45) is 0. The van der Waals surface area contributed by atoms with Crippen LogP contribution < -0.4 is 4.74 Å². The minimum absolute atomic E-state index is 0.293. The molecule has 1 aromatic carbocycles. The highest BCUT2D eigenvalue weighted by atomic mass is 35.5. The fourth-order valence-corrected chi connectivity index (χ4v) is 1.54. The Kier molecular flexibility index (Phi) is 3.56. The molecule has 0 unspecified atom stereocenters. The van der Waals surface area contributed by atoms with Gasteiger partial charge in [0.05, 0.1) is 5.69 Å². The minimum atomic E-state index is -0.409. The summed E-state index contributed by atoms with van der Waals surface area (Å²) in [6.45, 7) is 1.52. The van der Waals surface area contributed by atoms with Gasteiger partial charge in [-0.2, -0.15) is 0 Å². The maximum atomic E-state index is 8.57. The fraction of sp³-hybridized carbons (Fsp3) is 0.167. The van der Waals surface area contributed by atoms with Crippen LogP contribution in [0.2, 0.25) is 5.02 Å². The zero-order valence-electron chi connectivity index (χ0n) is 9.22. The number of aliphatic hydroxyl groups is 1. The Morgan fingerprint density at radius 1 is 1.24 bits per heavy atom. The van der Waals surface area contributed by atoms with Crippen LogP contribution in [0.25, 0.3) is 11.3 Å². The molecule has 0 aliphatic heterocycles. The molecule has 0 amide bonds. The number of rotatable bonds is 3. The Bertz CT molecular complexity index is 514. The highest BCUT2D eigenvalue weighted by molar-refractivity contribution is 6.31. The number of aryl methyl sites for hydroxylation is 1. The van der Waals surface area contributed by atoms with E-state index in [9.17, 15) is 0 Å². The lowest BCUT2D eigenvalue weighted by atomic mass is 10.1. The van der Waals surface area contributed by atoms with E-state index in [1.165, 1.54) is 0 Å². The monoisotopic (exact) mass is 250 g/mol. The quantitative estimate of drug-likeness (QED) is 0.850. The van der Waals surface area contributed by atoms with Crippen molar-refractivity contribution in [3.05, 3.63) is 40.9 Å². The zero-order chi connectivity index (χ0) is 12.3. The molecule has 5 heteroatoms. The van der Waals surface area contributed by atoms with E-state index >= 15 is 0 Å². The molecule has 0 saturated heterocycles. The summed E-state index contributed by atoms with van der Waals surface area (Å²) >= 11 is 5.95. The number of ether oxygens (including phenoxy) is 1. The van der Waals surface area contributed by atoms with Gasteiger partial charge in [-0.1, -0.05) is 17.7 Å². The lowest BCUT2D eigenvalue weighted by molar-refractivity contribution is 0.0931. The zero-order valence-corrected chi connectivity index (χ0v) is 9.98. The molecule has 17 heavy (non-hydrogen) atoms. The SMILES string of the molecule is Cc1cc(-c2ccc(OCO)nn2)ccc1Cl. The summed E-state index contributed by atoms with van der Waals surface area (Å²) in [4.78, 5) is 0. The topological polar surface area (TPSA) is 55.2 Å². The Morgan fingerprint density at radius 3 is 2.65 bits per heavy atom. The molecule has 88 valence electrons. The van der Waals surface area contributed by atoms with Gasteiger partial charge in [0.25, 0.3) is 0 Å². The van der Waals surface area contributed by atoms with E-state index in [4.69, 9.17) is 21.4 Å². The molecule has 0 aliphatic carbocycles. The van der Waals surface area contributed by atoms with Gasteiger partial charge in [-0.15, -0.1) is 10.2 Å². The van der Waals surface area contributed by atoms with Gasteiger partial charge in [0, 0.05) is 16.7 Å². The molecule has 4 nitrogen and oxygen atoms in total. The standard InChI is InChI=1S/C12H11ClN2O2/c1-8-6-9(2-3-10(8)13)11-4-5-12(15-14-11)17-7-16/h2-6,16H,7H2,1H3. The Labute approximate surface area is 104 Å². The molecule has 2 aromatic rings. The van der Waals surface area contributed by atoms with Gasteiger partial charge in [0.2, 0.25) is 5.88 Å². The third kappa shape index (κ3) is 2.72. The Morgan fingerprint density at radius 2 is 2.06 bits per heavy atom. The van der Waals surface area contributed by atoms with E-state index in [0.29, 0.717) is 5.88 Å². The molecule has 1 heterocycles. The lowest BCUT2D eigenvalue weighted by Gasteiger charge is -2.04. The first-order chi connectivity index (χ1) is 8.20. The smallest absolute Gasteiger partial charge is 0.235 e. The van der Waals surface area contributed by atoms with Crippen molar-refractivity contribution < 1.29 is 9.84 Å². The van der Waals surface area contributed by atoms with Gasteiger partial charge >= 0.3 is 0 Å². The van der Waals surface area contributed by atoms with Crippen molar-refractivity contribution in [1.82, 2.24) is 10.2 Å². The second kappa shape index (κ2) is 5.12. The average molecular weight is 251 g/mol. The Hall–Kier alpha value is -1.65. The molecule has 0 aliphatic rings. The number of benzene rings is 1. The van der Waals surface area contributed by atoms with Crippen molar-refractivity contribution in [3.63, 3.8) is 0 Å². The molecule has 0 fully saturated rings. The van der Waals surface area contributed by atoms with E-state index in [2.05, 4.69) is 10.2 Å². The van der Waals surface area contributed by atoms with E-state index in [0.717, 1.165) is 21.8 Å². The van der Waals surface area contributed by atoms with Crippen LogP contribution in [0, 0.1) is 6.92 Å². The Balaban J connectivity index is 2.30. The molecule has 0 radical (unpaired) electrons. The van der Waals surface area contributed by atoms with Gasteiger partial charge in [-0.05, 0) is 30.7 Å². The normalized spacial score (nSPS) is 10.3. The maximum absolute atomic E-state index is 8.57. The number of nitrogens with zero attached hydrogens (tertiary/aromatic N) is 2. The molecule has 1 aromatic heterocycles. The molecule has 0 saturated carbocycles. The predicted octanol–water partition coefficient (Wildman–Crippen LogP) is 2.43. The lowest BCUT2D eigenvalue weighted by Crippen LogP contribution is -1.98. The third-order valence-corrected chi connectivity index (χ3v) is 2.73. The van der Waals surface area contributed by atoms with Gasteiger partial charge in [0.1, 0.15) is 0 Å². The van der Waals surface area contributed by atoms with Crippen LogP contribution >= 0.6 is 11.6 Å². The summed E-state index contributed by atoms with van der Waals surface area (Å²) in [5, 5.41) is 17.1. The van der Waals surface area contributed by atoms with E-state index < -0.39 is 6.79 Å². The van der Waals surface area contributed by atoms with Crippen molar-refractivity contribution in [1.29, 1.82) is 0 Å². The second-order valence-corrected chi connectivity index (χ2v) is 3.90. The van der Waals surface area contributed by atoms with E-state index in [1.807, 2.05) is 25.1 Å². The van der Waals surface area contributed by atoms with Gasteiger partial charge in [-0.3, -0.25) is 0 Å². The van der Waals surface area contributed by atoms with Crippen molar-refractivity contribution in [2.24, 2.45) is 0 Å². The van der Waals surface area contributed by atoms with Gasteiger partial charge in [-0.25, -0.2) is 0 Å². The van der Waals surface area contributed by atoms with Crippen molar-refractivity contribution in [2.45, 2.75) is 6.92 Å². The van der Waals surface area contributed by atoms with Crippen LogP contribution in [-0.2, 0) is 0 Å². The van der Waals surface area contributed by atoms with Gasteiger partial charge < -0.3 is 9.84 Å². The average Bonchev–Trinajstić information content (AvgIpc) is 2.34. The minimum Gasteiger partial charge on any atom is -0.450 e. The van der Waals surface area contributed by atoms with Crippen LogP contribution in [0.3, 0.4) is 0 Å². The van der Waals surface area contributed by atoms with E-state index in [1.54, 1.807) is 12.1 Å². The molecular formula is C12H11ClN2O2. The van der Waals surface area contributed by atoms with Crippen molar-refractivity contribution in [2.75, 3.05) is 6.79 Å². The summed E-state index contributed by atoms with van der Waals surface area (Å²) in [5.41, 5.74) is 2.66. The highest BCUT2D eigenvalue weighted by Crippen LogP contribution is 2.23. The fourth-order valence-electron chi connectivity index (χ4n) is 1.42. The molecule has 0 spiro atoms. The number of halogens is 1. The van der Waals surface area contributed by atoms with E-state index in [-0.39, 0.29) is 0 Å². The third-order valence-electron chi connectivity index (χ3n) is 2.31. The molecule has 0 bridgehead atoms. The van der Waals surface area contributed by atoms with Crippen LogP contribution in [0.5, 0.6) is 5.88 Å². The predicted molar refractivity (Wildman–Crippen MR) is 64.9 cm³/mol. The summed E-state index contributed by atoms with van der Waals surface area (Å²) in [6, 6.07) is 9.08. The summed E-state index contributed by atoms with van der Waals surface area (Å²) < 4.78 is 4.80. The first kappa shape index (κ1) is 11.8. The molecule has 1 N–H and O–H groups in total. The van der Waals surface area contributed by atoms with Crippen molar-refractivity contribution >= 4 is 11.6 Å². The number of aromatic nitrogens is 2. The van der Waals surface area contributed by atoms with Crippen LogP contribution in [-0.4, -0.2) is 22.1 Å². The van der Waals surface area contributed by atoms with Crippen LogP contribution in [0.1, 0.15) is 5.56 Å². The number of aliphatic hydroxyl groups excluding tert-OH is 1. The van der Waals surface area contributed by atoms with Gasteiger partial charge in [0.15, 0.2) is 6.79 Å². The van der Waals surface area contributed by atoms with Crippen LogP contribution in [0.15, 0.2) is 30.3 Å². The maximum Gasteiger partial charge on any atom is 0.235 e. The van der Waals surface area contributed by atoms with Crippen LogP contribution in [0.4, 0.5) is 0 Å². The summed E-state index contributed by atoms with van der Waals surface area (Å²) in [5.74, 6) is 0.293. The molecule has 0 atom stereocenters. The first-order valence-corrected chi connectivity index (χ1v) is 5.42. The summed E-state index contributed by atoms with van der Waals surface area (Å²) in [7, 11) is 0. The second-order valence-electron chi connectivity index (χ2n) is 3.49. The molecular weight excluding hydrogens is 240 g/mol. The largest absolute Gasteiger partial charge is 0.450 e. The first-order valence-electron chi connectivity index (χ1n) is 5.04. The number of hydrogen-bond donors (Lipinski definition) is 1. The highest BCUT2D eigenvalue weighted by Gasteiger charge is 2.03.